The van der Waals surface area contributed by atoms with Crippen LogP contribution in [0.25, 0.3) is 11.0 Å². The van der Waals surface area contributed by atoms with Crippen LogP contribution in [0.2, 0.25) is 0 Å². The van der Waals surface area contributed by atoms with Gasteiger partial charge in [-0.25, -0.2) is 4.79 Å². The van der Waals surface area contributed by atoms with E-state index < -0.39 is 0 Å². The zero-order chi connectivity index (χ0) is 17.9. The van der Waals surface area contributed by atoms with Gasteiger partial charge in [-0.3, -0.25) is 9.47 Å². The Hall–Kier alpha value is -2.09. The lowest BCUT2D eigenvalue weighted by molar-refractivity contribution is 0.0364. The van der Waals surface area contributed by atoms with E-state index >= 15 is 0 Å². The number of hydrogen-bond donors (Lipinski definition) is 1. The van der Waals surface area contributed by atoms with Gasteiger partial charge in [0.25, 0.3) is 0 Å². The molecule has 0 bridgehead atoms. The number of imidazole rings is 1. The summed E-state index contributed by atoms with van der Waals surface area (Å²) in [5.74, 6) is 1.35. The quantitative estimate of drug-likeness (QED) is 0.692. The van der Waals surface area contributed by atoms with E-state index in [1.165, 1.54) is 0 Å². The maximum absolute atomic E-state index is 12.5. The van der Waals surface area contributed by atoms with E-state index in [1.807, 2.05) is 42.5 Å². The second kappa shape index (κ2) is 7.65. The van der Waals surface area contributed by atoms with E-state index in [4.69, 9.17) is 9.47 Å². The average molecular weight is 418 g/mol. The Morgan fingerprint density at radius 1 is 1.08 bits per heavy atom. The smallest absolute Gasteiger partial charge is 0.326 e. The van der Waals surface area contributed by atoms with Gasteiger partial charge < -0.3 is 14.5 Å². The minimum absolute atomic E-state index is 0.121. The highest BCUT2D eigenvalue weighted by Gasteiger charge is 2.16. The third-order valence-corrected chi connectivity index (χ3v) is 5.19. The highest BCUT2D eigenvalue weighted by molar-refractivity contribution is 9.10. The van der Waals surface area contributed by atoms with Crippen LogP contribution in [0.3, 0.4) is 0 Å². The second-order valence-corrected chi connectivity index (χ2v) is 7.08. The molecule has 0 atom stereocenters. The Morgan fingerprint density at radius 2 is 1.85 bits per heavy atom. The van der Waals surface area contributed by atoms with E-state index in [-0.39, 0.29) is 5.69 Å². The number of ether oxygens (including phenoxy) is 2. The molecule has 4 rings (SSSR count). The third-order valence-electron chi connectivity index (χ3n) is 4.56. The molecule has 2 heterocycles. The summed E-state index contributed by atoms with van der Waals surface area (Å²) < 4.78 is 14.0. The monoisotopic (exact) mass is 417 g/mol. The van der Waals surface area contributed by atoms with Crippen LogP contribution in [0.4, 0.5) is 0 Å². The Morgan fingerprint density at radius 3 is 2.62 bits per heavy atom. The van der Waals surface area contributed by atoms with Gasteiger partial charge >= 0.3 is 5.69 Å². The van der Waals surface area contributed by atoms with Crippen LogP contribution in [-0.4, -0.2) is 47.3 Å². The van der Waals surface area contributed by atoms with Crippen molar-refractivity contribution in [2.75, 3.05) is 32.8 Å². The first-order valence-electron chi connectivity index (χ1n) is 8.66. The number of aromatic amines is 1. The van der Waals surface area contributed by atoms with Gasteiger partial charge in [0.05, 0.1) is 23.2 Å². The SMILES string of the molecule is O=c1[nH]c2c(Oc3ccccc3)c(Br)ccc2n1CCN1CCOCC1. The van der Waals surface area contributed by atoms with Crippen LogP contribution in [-0.2, 0) is 11.3 Å². The predicted molar refractivity (Wildman–Crippen MR) is 104 cm³/mol. The fourth-order valence-corrected chi connectivity index (χ4v) is 3.58. The van der Waals surface area contributed by atoms with Crippen molar-refractivity contribution in [1.82, 2.24) is 14.5 Å². The largest absolute Gasteiger partial charge is 0.454 e. The number of benzene rings is 2. The molecule has 0 unspecified atom stereocenters. The molecule has 1 fully saturated rings. The molecular weight excluding hydrogens is 398 g/mol. The molecule has 26 heavy (non-hydrogen) atoms. The van der Waals surface area contributed by atoms with Gasteiger partial charge in [0.15, 0.2) is 5.75 Å². The lowest BCUT2D eigenvalue weighted by atomic mass is 10.3. The number of hydrogen-bond acceptors (Lipinski definition) is 4. The Bertz CT molecular complexity index is 946. The van der Waals surface area contributed by atoms with E-state index in [9.17, 15) is 4.79 Å². The maximum atomic E-state index is 12.5. The highest BCUT2D eigenvalue weighted by Crippen LogP contribution is 2.35. The van der Waals surface area contributed by atoms with Crippen molar-refractivity contribution in [3.8, 4) is 11.5 Å². The molecule has 1 aliphatic heterocycles. The first-order chi connectivity index (χ1) is 12.7. The Labute approximate surface area is 159 Å². The van der Waals surface area contributed by atoms with Crippen molar-refractivity contribution < 1.29 is 9.47 Å². The van der Waals surface area contributed by atoms with E-state index in [0.29, 0.717) is 17.8 Å². The van der Waals surface area contributed by atoms with Gasteiger partial charge in [-0.05, 0) is 40.2 Å². The van der Waals surface area contributed by atoms with Gasteiger partial charge in [0.2, 0.25) is 0 Å². The minimum atomic E-state index is -0.121. The maximum Gasteiger partial charge on any atom is 0.326 e. The van der Waals surface area contributed by atoms with E-state index in [1.54, 1.807) is 4.57 Å². The fourth-order valence-electron chi connectivity index (χ4n) is 3.17. The number of morpholine rings is 1. The van der Waals surface area contributed by atoms with Crippen molar-refractivity contribution in [2.45, 2.75) is 6.54 Å². The molecular formula is C19H20BrN3O3. The van der Waals surface area contributed by atoms with Crippen LogP contribution < -0.4 is 10.4 Å². The molecule has 0 spiro atoms. The number of fused-ring (bicyclic) bond motifs is 1. The van der Waals surface area contributed by atoms with Crippen molar-refractivity contribution >= 4 is 27.0 Å². The molecule has 0 saturated carbocycles. The number of nitrogens with zero attached hydrogens (tertiary/aromatic N) is 2. The molecule has 3 aromatic rings. The summed E-state index contributed by atoms with van der Waals surface area (Å²) in [6, 6.07) is 13.4. The third kappa shape index (κ3) is 3.56. The summed E-state index contributed by atoms with van der Waals surface area (Å²) >= 11 is 3.53. The fraction of sp³-hybridized carbons (Fsp3) is 0.316. The minimum Gasteiger partial charge on any atom is -0.454 e. The molecule has 0 aliphatic carbocycles. The zero-order valence-corrected chi connectivity index (χ0v) is 15.9. The first-order valence-corrected chi connectivity index (χ1v) is 9.46. The molecule has 7 heteroatoms. The van der Waals surface area contributed by atoms with Gasteiger partial charge in [0.1, 0.15) is 11.3 Å². The lowest BCUT2D eigenvalue weighted by Gasteiger charge is -2.26. The number of rotatable bonds is 5. The van der Waals surface area contributed by atoms with Crippen molar-refractivity contribution in [1.29, 1.82) is 0 Å². The van der Waals surface area contributed by atoms with Gasteiger partial charge in [-0.2, -0.15) is 0 Å². The van der Waals surface area contributed by atoms with Crippen molar-refractivity contribution in [3.05, 3.63) is 57.4 Å². The molecule has 2 aromatic carbocycles. The number of halogens is 1. The summed E-state index contributed by atoms with van der Waals surface area (Å²) in [4.78, 5) is 17.8. The molecule has 1 aliphatic rings. The topological polar surface area (TPSA) is 59.5 Å². The summed E-state index contributed by atoms with van der Waals surface area (Å²) in [5.41, 5.74) is 1.43. The molecule has 136 valence electrons. The standard InChI is InChI=1S/C19H20BrN3O3/c20-15-6-7-16-17(18(15)26-14-4-2-1-3-5-14)21-19(24)23(16)9-8-22-10-12-25-13-11-22/h1-7H,8-13H2,(H,21,24). The Balaban J connectivity index is 1.64. The van der Waals surface area contributed by atoms with Crippen molar-refractivity contribution in [2.24, 2.45) is 0 Å². The van der Waals surface area contributed by atoms with Crippen LogP contribution in [0.15, 0.2) is 51.7 Å². The first kappa shape index (κ1) is 17.3. The lowest BCUT2D eigenvalue weighted by Crippen LogP contribution is -2.39. The van der Waals surface area contributed by atoms with E-state index in [2.05, 4.69) is 25.8 Å². The molecule has 0 radical (unpaired) electrons. The van der Waals surface area contributed by atoms with Crippen LogP contribution in [0.1, 0.15) is 0 Å². The molecule has 1 N–H and O–H groups in total. The average Bonchev–Trinajstić information content (AvgIpc) is 2.99. The number of nitrogens with one attached hydrogen (secondary N) is 1. The zero-order valence-electron chi connectivity index (χ0n) is 14.3. The summed E-state index contributed by atoms with van der Waals surface area (Å²) in [5, 5.41) is 0. The Kier molecular flexibility index (Phi) is 5.10. The summed E-state index contributed by atoms with van der Waals surface area (Å²) in [7, 11) is 0. The van der Waals surface area contributed by atoms with Crippen molar-refractivity contribution in [3.63, 3.8) is 0 Å². The molecule has 1 aromatic heterocycles. The van der Waals surface area contributed by atoms with Gasteiger partial charge in [-0.1, -0.05) is 18.2 Å². The van der Waals surface area contributed by atoms with Gasteiger partial charge in [0, 0.05) is 26.2 Å². The number of H-pyrrole nitrogens is 1. The van der Waals surface area contributed by atoms with Crippen LogP contribution in [0.5, 0.6) is 11.5 Å². The molecule has 0 amide bonds. The second-order valence-electron chi connectivity index (χ2n) is 6.22. The number of aromatic nitrogens is 2. The summed E-state index contributed by atoms with van der Waals surface area (Å²) in [6.07, 6.45) is 0. The molecule has 6 nitrogen and oxygen atoms in total. The van der Waals surface area contributed by atoms with Crippen LogP contribution >= 0.6 is 15.9 Å². The van der Waals surface area contributed by atoms with Crippen LogP contribution in [0, 0.1) is 0 Å². The van der Waals surface area contributed by atoms with Gasteiger partial charge in [-0.15, -0.1) is 0 Å². The molecule has 1 saturated heterocycles. The highest BCUT2D eigenvalue weighted by atomic mass is 79.9. The predicted octanol–water partition coefficient (Wildman–Crippen LogP) is 3.22. The van der Waals surface area contributed by atoms with E-state index in [0.717, 1.165) is 48.6 Å². The number of para-hydroxylation sites is 1. The summed E-state index contributed by atoms with van der Waals surface area (Å²) in [6.45, 7) is 4.78. The normalized spacial score (nSPS) is 15.4.